The van der Waals surface area contributed by atoms with E-state index in [0.717, 1.165) is 0 Å². The number of rotatable bonds is 6. The highest BCUT2D eigenvalue weighted by Gasteiger charge is 2.11. The third kappa shape index (κ3) is 6.65. The molecule has 9 nitrogen and oxygen atoms in total. The van der Waals surface area contributed by atoms with E-state index < -0.39 is 0 Å². The van der Waals surface area contributed by atoms with Gasteiger partial charge in [0.05, 0.1) is 22.7 Å². The molecule has 0 aliphatic heterocycles. The molecule has 0 saturated heterocycles. The maximum absolute atomic E-state index is 11.5. The van der Waals surface area contributed by atoms with Gasteiger partial charge in [0.25, 0.3) is 0 Å². The standard InChI is InChI=1S/C20H22N4O5/c1-11(25)21-17-7-5-15(9-19(17)23-13(3)27)29-16-6-8-18(22-12(2)26)20(10-16)24-14(4)28/h5-10H,1-4H3,(H,21,25)(H,22,26)(H,23,27)(H,24,28). The molecule has 2 aromatic rings. The van der Waals surface area contributed by atoms with E-state index in [-0.39, 0.29) is 23.6 Å². The van der Waals surface area contributed by atoms with E-state index in [9.17, 15) is 19.2 Å². The summed E-state index contributed by atoms with van der Waals surface area (Å²) in [6.45, 7) is 5.43. The highest BCUT2D eigenvalue weighted by atomic mass is 16.5. The third-order valence-corrected chi connectivity index (χ3v) is 3.46. The Bertz CT molecular complexity index is 894. The minimum Gasteiger partial charge on any atom is -0.457 e. The topological polar surface area (TPSA) is 126 Å². The smallest absolute Gasteiger partial charge is 0.221 e. The number of anilines is 4. The number of carbonyl (C=O) groups excluding carboxylic acids is 4. The molecule has 4 N–H and O–H groups in total. The van der Waals surface area contributed by atoms with Gasteiger partial charge in [-0.15, -0.1) is 0 Å². The fraction of sp³-hybridized carbons (Fsp3) is 0.200. The van der Waals surface area contributed by atoms with Crippen molar-refractivity contribution in [3.05, 3.63) is 36.4 Å². The van der Waals surface area contributed by atoms with E-state index in [1.807, 2.05) is 0 Å². The quantitative estimate of drug-likeness (QED) is 0.594. The highest BCUT2D eigenvalue weighted by molar-refractivity contribution is 5.99. The number of amides is 4. The van der Waals surface area contributed by atoms with Crippen LogP contribution in [0.5, 0.6) is 11.5 Å². The lowest BCUT2D eigenvalue weighted by atomic mass is 10.2. The molecule has 0 atom stereocenters. The van der Waals surface area contributed by atoms with Crippen molar-refractivity contribution in [1.82, 2.24) is 0 Å². The first-order valence-electron chi connectivity index (χ1n) is 8.70. The molecule has 0 spiro atoms. The molecule has 0 saturated carbocycles. The molecule has 4 amide bonds. The molecular weight excluding hydrogens is 376 g/mol. The molecular formula is C20H22N4O5. The van der Waals surface area contributed by atoms with Crippen molar-refractivity contribution >= 4 is 46.4 Å². The van der Waals surface area contributed by atoms with Gasteiger partial charge in [-0.05, 0) is 24.3 Å². The summed E-state index contributed by atoms with van der Waals surface area (Å²) >= 11 is 0. The second kappa shape index (κ2) is 9.36. The lowest BCUT2D eigenvalue weighted by Crippen LogP contribution is -2.12. The number of ether oxygens (including phenoxy) is 1. The summed E-state index contributed by atoms with van der Waals surface area (Å²) in [6.07, 6.45) is 0. The third-order valence-electron chi connectivity index (χ3n) is 3.46. The van der Waals surface area contributed by atoms with E-state index in [4.69, 9.17) is 4.74 Å². The van der Waals surface area contributed by atoms with Crippen LogP contribution in [0.3, 0.4) is 0 Å². The lowest BCUT2D eigenvalue weighted by Gasteiger charge is -2.15. The molecule has 29 heavy (non-hydrogen) atoms. The first kappa shape index (κ1) is 21.4. The summed E-state index contributed by atoms with van der Waals surface area (Å²) < 4.78 is 5.81. The lowest BCUT2D eigenvalue weighted by molar-refractivity contribution is -0.115. The van der Waals surface area contributed by atoms with Gasteiger partial charge in [-0.2, -0.15) is 0 Å². The molecule has 0 aliphatic rings. The monoisotopic (exact) mass is 398 g/mol. The van der Waals surface area contributed by atoms with Gasteiger partial charge in [0.15, 0.2) is 0 Å². The molecule has 0 heterocycles. The molecule has 152 valence electrons. The van der Waals surface area contributed by atoms with Crippen molar-refractivity contribution in [1.29, 1.82) is 0 Å². The van der Waals surface area contributed by atoms with Crippen LogP contribution < -0.4 is 26.0 Å². The van der Waals surface area contributed by atoms with Crippen molar-refractivity contribution in [2.24, 2.45) is 0 Å². The van der Waals surface area contributed by atoms with Crippen LogP contribution in [-0.2, 0) is 19.2 Å². The predicted octanol–water partition coefficient (Wildman–Crippen LogP) is 3.31. The van der Waals surface area contributed by atoms with Gasteiger partial charge >= 0.3 is 0 Å². The van der Waals surface area contributed by atoms with Gasteiger partial charge in [0.1, 0.15) is 11.5 Å². The molecule has 0 aliphatic carbocycles. The molecule has 0 fully saturated rings. The summed E-state index contributed by atoms with van der Waals surface area (Å²) in [5, 5.41) is 10.5. The van der Waals surface area contributed by atoms with Gasteiger partial charge in [-0.3, -0.25) is 19.2 Å². The Hall–Kier alpha value is -3.88. The van der Waals surface area contributed by atoms with Crippen LogP contribution in [0, 0.1) is 0 Å². The van der Waals surface area contributed by atoms with Gasteiger partial charge in [-0.25, -0.2) is 0 Å². The SMILES string of the molecule is CC(=O)Nc1ccc(Oc2ccc(NC(C)=O)c(NC(C)=O)c2)cc1NC(C)=O. The van der Waals surface area contributed by atoms with Crippen LogP contribution in [0.25, 0.3) is 0 Å². The molecule has 0 aromatic heterocycles. The van der Waals surface area contributed by atoms with E-state index in [2.05, 4.69) is 21.3 Å². The van der Waals surface area contributed by atoms with Crippen LogP contribution in [0.1, 0.15) is 27.7 Å². The van der Waals surface area contributed by atoms with E-state index >= 15 is 0 Å². The van der Waals surface area contributed by atoms with E-state index in [0.29, 0.717) is 34.2 Å². The number of carbonyl (C=O) groups is 4. The van der Waals surface area contributed by atoms with Crippen molar-refractivity contribution in [3.8, 4) is 11.5 Å². The van der Waals surface area contributed by atoms with Gasteiger partial charge in [-0.1, -0.05) is 0 Å². The average molecular weight is 398 g/mol. The molecule has 9 heteroatoms. The van der Waals surface area contributed by atoms with Crippen LogP contribution in [0.15, 0.2) is 36.4 Å². The van der Waals surface area contributed by atoms with Crippen LogP contribution >= 0.6 is 0 Å². The van der Waals surface area contributed by atoms with Crippen molar-refractivity contribution in [2.75, 3.05) is 21.3 Å². The maximum atomic E-state index is 11.5. The summed E-state index contributed by atoms with van der Waals surface area (Å²) in [5.74, 6) is -0.381. The molecule has 0 radical (unpaired) electrons. The minimum atomic E-state index is -0.304. The Morgan fingerprint density at radius 3 is 1.17 bits per heavy atom. The average Bonchev–Trinajstić information content (AvgIpc) is 2.58. The zero-order valence-electron chi connectivity index (χ0n) is 16.5. The number of hydrogen-bond donors (Lipinski definition) is 4. The largest absolute Gasteiger partial charge is 0.457 e. The first-order valence-corrected chi connectivity index (χ1v) is 8.70. The van der Waals surface area contributed by atoms with Gasteiger partial charge in [0, 0.05) is 39.8 Å². The Morgan fingerprint density at radius 1 is 0.552 bits per heavy atom. The second-order valence-corrected chi connectivity index (χ2v) is 6.24. The van der Waals surface area contributed by atoms with Crippen molar-refractivity contribution in [2.45, 2.75) is 27.7 Å². The number of nitrogens with one attached hydrogen (secondary N) is 4. The van der Waals surface area contributed by atoms with Crippen molar-refractivity contribution in [3.63, 3.8) is 0 Å². The fourth-order valence-corrected chi connectivity index (χ4v) is 2.49. The Balaban J connectivity index is 2.34. The number of hydrogen-bond acceptors (Lipinski definition) is 5. The first-order chi connectivity index (χ1) is 13.6. The zero-order chi connectivity index (χ0) is 21.6. The summed E-state index contributed by atoms with van der Waals surface area (Å²) in [4.78, 5) is 45.6. The van der Waals surface area contributed by atoms with Crippen LogP contribution in [0.2, 0.25) is 0 Å². The van der Waals surface area contributed by atoms with E-state index in [1.165, 1.54) is 27.7 Å². The second-order valence-electron chi connectivity index (χ2n) is 6.24. The van der Waals surface area contributed by atoms with Crippen molar-refractivity contribution < 1.29 is 23.9 Å². The zero-order valence-corrected chi connectivity index (χ0v) is 16.5. The van der Waals surface area contributed by atoms with Gasteiger partial charge < -0.3 is 26.0 Å². The maximum Gasteiger partial charge on any atom is 0.221 e. The molecule has 0 bridgehead atoms. The summed E-state index contributed by atoms with van der Waals surface area (Å²) in [5.41, 5.74) is 1.62. The summed E-state index contributed by atoms with van der Waals surface area (Å²) in [7, 11) is 0. The Labute approximate surface area is 167 Å². The Morgan fingerprint density at radius 2 is 0.862 bits per heavy atom. The van der Waals surface area contributed by atoms with Gasteiger partial charge in [0.2, 0.25) is 23.6 Å². The molecule has 2 aromatic carbocycles. The Kier molecular flexibility index (Phi) is 6.91. The van der Waals surface area contributed by atoms with Crippen LogP contribution in [-0.4, -0.2) is 23.6 Å². The number of benzene rings is 2. The normalized spacial score (nSPS) is 9.93. The summed E-state index contributed by atoms with van der Waals surface area (Å²) in [6, 6.07) is 9.57. The fourth-order valence-electron chi connectivity index (χ4n) is 2.49. The molecule has 2 rings (SSSR count). The van der Waals surface area contributed by atoms with Crippen LogP contribution in [0.4, 0.5) is 22.7 Å². The highest BCUT2D eigenvalue weighted by Crippen LogP contribution is 2.33. The van der Waals surface area contributed by atoms with E-state index in [1.54, 1.807) is 36.4 Å². The molecule has 0 unspecified atom stereocenters. The minimum absolute atomic E-state index is 0.279. The predicted molar refractivity (Wildman–Crippen MR) is 110 cm³/mol.